The fourth-order valence-corrected chi connectivity index (χ4v) is 3.80. The van der Waals surface area contributed by atoms with Crippen LogP contribution in [-0.4, -0.2) is 13.4 Å². The highest BCUT2D eigenvalue weighted by Crippen LogP contribution is 2.24. The van der Waals surface area contributed by atoms with Crippen molar-refractivity contribution in [1.29, 1.82) is 5.26 Å². The standard InChI is InChI=1S/C12H10ClN3O2S2/c1-2-9-7-19-12(15-9)16-20(17,18)10-4-3-8(6-14)11(13)5-10/h3-5,7H,2H2,1H3,(H,15,16). The molecule has 0 radical (unpaired) electrons. The fourth-order valence-electron chi connectivity index (χ4n) is 1.44. The Hall–Kier alpha value is -1.62. The maximum Gasteiger partial charge on any atom is 0.263 e. The zero-order chi connectivity index (χ0) is 14.8. The number of nitrogens with one attached hydrogen (secondary N) is 1. The number of halogens is 1. The Morgan fingerprint density at radius 1 is 1.50 bits per heavy atom. The van der Waals surface area contributed by atoms with Crippen LogP contribution >= 0.6 is 22.9 Å². The van der Waals surface area contributed by atoms with Gasteiger partial charge in [0, 0.05) is 5.38 Å². The molecule has 5 nitrogen and oxygen atoms in total. The smallest absolute Gasteiger partial charge is 0.255 e. The molecule has 0 aliphatic heterocycles. The number of thiazole rings is 1. The van der Waals surface area contributed by atoms with Crippen molar-refractivity contribution in [1.82, 2.24) is 4.98 Å². The first kappa shape index (κ1) is 14.8. The number of aromatic nitrogens is 1. The highest BCUT2D eigenvalue weighted by molar-refractivity contribution is 7.93. The number of hydrogen-bond donors (Lipinski definition) is 1. The molecule has 0 bridgehead atoms. The van der Waals surface area contributed by atoms with Crippen molar-refractivity contribution in [3.05, 3.63) is 39.9 Å². The van der Waals surface area contributed by atoms with Crippen LogP contribution < -0.4 is 4.72 Å². The van der Waals surface area contributed by atoms with Gasteiger partial charge in [0.15, 0.2) is 5.13 Å². The van der Waals surface area contributed by atoms with Gasteiger partial charge in [0.25, 0.3) is 10.0 Å². The Labute approximate surface area is 125 Å². The lowest BCUT2D eigenvalue weighted by Crippen LogP contribution is -2.13. The van der Waals surface area contributed by atoms with Crippen LogP contribution in [0.4, 0.5) is 5.13 Å². The number of rotatable bonds is 4. The first-order valence-corrected chi connectivity index (χ1v) is 8.37. The van der Waals surface area contributed by atoms with E-state index >= 15 is 0 Å². The predicted molar refractivity (Wildman–Crippen MR) is 78.5 cm³/mol. The molecule has 1 heterocycles. The van der Waals surface area contributed by atoms with Gasteiger partial charge in [0.05, 0.1) is 21.2 Å². The van der Waals surface area contributed by atoms with Gasteiger partial charge >= 0.3 is 0 Å². The van der Waals surface area contributed by atoms with Crippen molar-refractivity contribution >= 4 is 38.1 Å². The number of hydrogen-bond acceptors (Lipinski definition) is 5. The van der Waals surface area contributed by atoms with Crippen molar-refractivity contribution in [3.63, 3.8) is 0 Å². The van der Waals surface area contributed by atoms with Crippen LogP contribution in [0.1, 0.15) is 18.2 Å². The molecule has 20 heavy (non-hydrogen) atoms. The van der Waals surface area contributed by atoms with Gasteiger partial charge in [-0.1, -0.05) is 18.5 Å². The Morgan fingerprint density at radius 2 is 2.25 bits per heavy atom. The maximum atomic E-state index is 12.2. The molecule has 0 spiro atoms. The fraction of sp³-hybridized carbons (Fsp3) is 0.167. The molecule has 0 fully saturated rings. The van der Waals surface area contributed by atoms with E-state index in [0.717, 1.165) is 12.1 Å². The van der Waals surface area contributed by atoms with Gasteiger partial charge in [-0.15, -0.1) is 11.3 Å². The van der Waals surface area contributed by atoms with Crippen molar-refractivity contribution in [3.8, 4) is 6.07 Å². The number of nitriles is 1. The van der Waals surface area contributed by atoms with Gasteiger partial charge in [0.1, 0.15) is 6.07 Å². The van der Waals surface area contributed by atoms with Gasteiger partial charge in [-0.3, -0.25) is 4.72 Å². The van der Waals surface area contributed by atoms with E-state index in [1.807, 2.05) is 13.0 Å². The molecule has 1 aromatic heterocycles. The molecule has 0 amide bonds. The second-order valence-corrected chi connectivity index (χ2v) is 6.80. The van der Waals surface area contributed by atoms with Crippen LogP contribution in [0.5, 0.6) is 0 Å². The lowest BCUT2D eigenvalue weighted by Gasteiger charge is -2.06. The number of benzene rings is 1. The molecule has 0 saturated carbocycles. The third-order valence-corrected chi connectivity index (χ3v) is 5.09. The van der Waals surface area contributed by atoms with Crippen LogP contribution in [0.2, 0.25) is 5.02 Å². The van der Waals surface area contributed by atoms with E-state index in [-0.39, 0.29) is 15.5 Å². The maximum absolute atomic E-state index is 12.2. The van der Waals surface area contributed by atoms with Gasteiger partial charge in [0.2, 0.25) is 0 Å². The summed E-state index contributed by atoms with van der Waals surface area (Å²) in [4.78, 5) is 4.13. The summed E-state index contributed by atoms with van der Waals surface area (Å²) in [7, 11) is -3.75. The Balaban J connectivity index is 2.31. The molecule has 2 rings (SSSR count). The molecule has 0 aliphatic carbocycles. The Bertz CT molecular complexity index is 778. The summed E-state index contributed by atoms with van der Waals surface area (Å²) < 4.78 is 26.7. The predicted octanol–water partition coefficient (Wildman–Crippen LogP) is 3.03. The second kappa shape index (κ2) is 5.79. The zero-order valence-electron chi connectivity index (χ0n) is 10.4. The minimum atomic E-state index is -3.75. The SMILES string of the molecule is CCc1csc(NS(=O)(=O)c2ccc(C#N)c(Cl)c2)n1. The number of sulfonamides is 1. The first-order valence-electron chi connectivity index (χ1n) is 5.63. The van der Waals surface area contributed by atoms with Crippen LogP contribution in [0, 0.1) is 11.3 Å². The minimum absolute atomic E-state index is 0.00486. The third-order valence-electron chi connectivity index (χ3n) is 2.51. The van der Waals surface area contributed by atoms with Crippen molar-refractivity contribution in [2.24, 2.45) is 0 Å². The lowest BCUT2D eigenvalue weighted by molar-refractivity contribution is 0.601. The van der Waals surface area contributed by atoms with E-state index in [9.17, 15) is 8.42 Å². The van der Waals surface area contributed by atoms with Crippen LogP contribution in [0.25, 0.3) is 0 Å². The van der Waals surface area contributed by atoms with E-state index in [1.165, 1.54) is 29.5 Å². The molecular formula is C12H10ClN3O2S2. The van der Waals surface area contributed by atoms with Crippen LogP contribution in [0.3, 0.4) is 0 Å². The molecule has 8 heteroatoms. The molecule has 0 aliphatic rings. The quantitative estimate of drug-likeness (QED) is 0.935. The van der Waals surface area contributed by atoms with Crippen molar-refractivity contribution in [2.75, 3.05) is 4.72 Å². The summed E-state index contributed by atoms with van der Waals surface area (Å²) >= 11 is 7.06. The zero-order valence-corrected chi connectivity index (χ0v) is 12.8. The molecule has 104 valence electrons. The van der Waals surface area contributed by atoms with Gasteiger partial charge in [-0.2, -0.15) is 5.26 Å². The summed E-state index contributed by atoms with van der Waals surface area (Å²) in [6.45, 7) is 1.94. The topological polar surface area (TPSA) is 82.9 Å². The summed E-state index contributed by atoms with van der Waals surface area (Å²) in [6, 6.07) is 5.83. The van der Waals surface area contributed by atoms with E-state index in [2.05, 4.69) is 9.71 Å². The second-order valence-electron chi connectivity index (χ2n) is 3.86. The first-order chi connectivity index (χ1) is 9.46. The summed E-state index contributed by atoms with van der Waals surface area (Å²) in [5.74, 6) is 0. The van der Waals surface area contributed by atoms with Gasteiger partial charge < -0.3 is 0 Å². The average molecular weight is 328 g/mol. The molecule has 0 unspecified atom stereocenters. The normalized spacial score (nSPS) is 11.1. The lowest BCUT2D eigenvalue weighted by atomic mass is 10.2. The van der Waals surface area contributed by atoms with E-state index in [0.29, 0.717) is 5.13 Å². The number of nitrogens with zero attached hydrogens (tertiary/aromatic N) is 2. The van der Waals surface area contributed by atoms with Crippen molar-refractivity contribution < 1.29 is 8.42 Å². The van der Waals surface area contributed by atoms with E-state index in [4.69, 9.17) is 16.9 Å². The number of anilines is 1. The van der Waals surface area contributed by atoms with Crippen LogP contribution in [-0.2, 0) is 16.4 Å². The van der Waals surface area contributed by atoms with Crippen LogP contribution in [0.15, 0.2) is 28.5 Å². The third kappa shape index (κ3) is 3.10. The highest BCUT2D eigenvalue weighted by Gasteiger charge is 2.17. The molecule has 1 aromatic carbocycles. The van der Waals surface area contributed by atoms with Crippen molar-refractivity contribution in [2.45, 2.75) is 18.2 Å². The number of aryl methyl sites for hydroxylation is 1. The average Bonchev–Trinajstić information content (AvgIpc) is 2.85. The summed E-state index contributed by atoms with van der Waals surface area (Å²) in [5.41, 5.74) is 1.05. The molecule has 1 N–H and O–H groups in total. The van der Waals surface area contributed by atoms with Gasteiger partial charge in [-0.05, 0) is 24.6 Å². The van der Waals surface area contributed by atoms with Gasteiger partial charge in [-0.25, -0.2) is 13.4 Å². The van der Waals surface area contributed by atoms with E-state index < -0.39 is 10.0 Å². The largest absolute Gasteiger partial charge is 0.263 e. The van der Waals surface area contributed by atoms with E-state index in [1.54, 1.807) is 5.38 Å². The monoisotopic (exact) mass is 327 g/mol. The Kier molecular flexibility index (Phi) is 4.28. The molecule has 0 saturated heterocycles. The minimum Gasteiger partial charge on any atom is -0.255 e. The molecule has 0 atom stereocenters. The summed E-state index contributed by atoms with van der Waals surface area (Å²) in [6.07, 6.45) is 0.737. The highest BCUT2D eigenvalue weighted by atomic mass is 35.5. The Morgan fingerprint density at radius 3 is 2.80 bits per heavy atom. The molecular weight excluding hydrogens is 318 g/mol. The summed E-state index contributed by atoms with van der Waals surface area (Å²) in [5, 5.41) is 11.0. The molecule has 2 aromatic rings.